The first-order chi connectivity index (χ1) is 14.7. The molecule has 0 spiro atoms. The third-order valence-corrected chi connectivity index (χ3v) is 9.23. The Morgan fingerprint density at radius 3 is 2.06 bits per heavy atom. The molecule has 0 amide bonds. The molecule has 11 heteroatoms. The van der Waals surface area contributed by atoms with Gasteiger partial charge >= 0.3 is 0 Å². The van der Waals surface area contributed by atoms with Crippen molar-refractivity contribution in [2.75, 3.05) is 20.2 Å². The van der Waals surface area contributed by atoms with Crippen LogP contribution in [0.2, 0.25) is 0 Å². The molecule has 3 fully saturated rings. The van der Waals surface area contributed by atoms with Gasteiger partial charge in [0, 0.05) is 35.6 Å². The molecule has 0 unspecified atom stereocenters. The maximum absolute atomic E-state index is 14.2. The summed E-state index contributed by atoms with van der Waals surface area (Å²) in [6.07, 6.45) is 4.24. The Kier molecular flexibility index (Phi) is 9.52. The van der Waals surface area contributed by atoms with Crippen LogP contribution in [0.15, 0.2) is 26.0 Å². The van der Waals surface area contributed by atoms with Gasteiger partial charge in [0.15, 0.2) is 0 Å². The van der Waals surface area contributed by atoms with Crippen molar-refractivity contribution in [2.45, 2.75) is 80.8 Å². The van der Waals surface area contributed by atoms with Gasteiger partial charge in [-0.15, -0.1) is 0 Å². The van der Waals surface area contributed by atoms with E-state index in [9.17, 15) is 21.6 Å². The molecule has 2 bridgehead atoms. The van der Waals surface area contributed by atoms with E-state index in [1.165, 1.54) is 20.1 Å². The number of fused-ring (bicyclic) bond motifs is 3. The quantitative estimate of drug-likeness (QED) is 0.358. The predicted octanol–water partition coefficient (Wildman–Crippen LogP) is 5.95. The second-order valence-corrected chi connectivity index (χ2v) is 12.0. The number of hydrogen-bond donors (Lipinski definition) is 2. The van der Waals surface area contributed by atoms with Crippen molar-refractivity contribution in [1.82, 2.24) is 10.0 Å². The van der Waals surface area contributed by atoms with Gasteiger partial charge in [-0.2, -0.15) is 0 Å². The third-order valence-electron chi connectivity index (χ3n) is 6.19. The van der Waals surface area contributed by atoms with Crippen LogP contribution in [-0.2, 0) is 10.0 Å². The molecule has 184 valence electrons. The summed E-state index contributed by atoms with van der Waals surface area (Å²) in [5, 5.41) is 3.47. The summed E-state index contributed by atoms with van der Waals surface area (Å²) < 4.78 is 71.3. The summed E-state index contributed by atoms with van der Waals surface area (Å²) in [4.78, 5) is 0.133. The van der Waals surface area contributed by atoms with Crippen molar-refractivity contribution in [3.63, 3.8) is 0 Å². The maximum Gasteiger partial charge on any atom is 0.245 e. The number of benzene rings is 1. The molecule has 32 heavy (non-hydrogen) atoms. The van der Waals surface area contributed by atoms with Gasteiger partial charge in [-0.05, 0) is 83.4 Å². The Bertz CT molecular complexity index is 870. The Balaban J connectivity index is 0.000000534. The lowest BCUT2D eigenvalue weighted by molar-refractivity contribution is -0.00763. The van der Waals surface area contributed by atoms with Crippen LogP contribution in [0.3, 0.4) is 0 Å². The van der Waals surface area contributed by atoms with Gasteiger partial charge in [0.1, 0.15) is 11.4 Å². The van der Waals surface area contributed by atoms with Crippen molar-refractivity contribution in [3.05, 3.63) is 21.1 Å². The van der Waals surface area contributed by atoms with Crippen molar-refractivity contribution in [2.24, 2.45) is 0 Å². The highest BCUT2D eigenvalue weighted by atomic mass is 79.9. The zero-order valence-electron chi connectivity index (χ0n) is 18.5. The maximum atomic E-state index is 14.2. The third kappa shape index (κ3) is 7.58. The molecule has 5 nitrogen and oxygen atoms in total. The predicted molar refractivity (Wildman–Crippen MR) is 127 cm³/mol. The minimum absolute atomic E-state index is 0.0271. The molecule has 2 N–H and O–H groups in total. The summed E-state index contributed by atoms with van der Waals surface area (Å²) in [7, 11) is -2.18. The number of rotatable bonds is 8. The molecule has 0 saturated heterocycles. The van der Waals surface area contributed by atoms with Crippen LogP contribution in [0.1, 0.15) is 58.8 Å². The SMILES string of the molecule is CCC(C)(F)F.COc1cc(S(=O)(=O)NCCNC23CCC(F)(CC2)CC3)c(Br)cc1Br. The number of halogens is 5. The van der Waals surface area contributed by atoms with E-state index in [2.05, 4.69) is 41.9 Å². The number of sulfonamides is 1. The van der Waals surface area contributed by atoms with Crippen molar-refractivity contribution in [1.29, 1.82) is 0 Å². The van der Waals surface area contributed by atoms with E-state index in [1.807, 2.05) is 0 Å². The number of alkyl halides is 3. The van der Waals surface area contributed by atoms with E-state index in [4.69, 9.17) is 4.74 Å². The number of ether oxygens (including phenoxy) is 1. The highest BCUT2D eigenvalue weighted by Crippen LogP contribution is 2.48. The Labute approximate surface area is 205 Å². The molecule has 3 saturated carbocycles. The van der Waals surface area contributed by atoms with Gasteiger partial charge in [-0.25, -0.2) is 26.3 Å². The molecule has 0 aromatic heterocycles. The second-order valence-electron chi connectivity index (χ2n) is 8.60. The molecule has 0 radical (unpaired) electrons. The zero-order valence-corrected chi connectivity index (χ0v) is 22.5. The van der Waals surface area contributed by atoms with Crippen LogP contribution in [0.4, 0.5) is 13.2 Å². The molecular weight excluding hydrogens is 577 g/mol. The fourth-order valence-corrected chi connectivity index (χ4v) is 6.77. The summed E-state index contributed by atoms with van der Waals surface area (Å²) in [5.41, 5.74) is -0.987. The smallest absolute Gasteiger partial charge is 0.245 e. The fraction of sp³-hybridized carbons (Fsp3) is 0.714. The molecule has 0 atom stereocenters. The van der Waals surface area contributed by atoms with Crippen LogP contribution in [-0.4, -0.2) is 45.7 Å². The highest BCUT2D eigenvalue weighted by molar-refractivity contribution is 9.11. The summed E-state index contributed by atoms with van der Waals surface area (Å²) in [6, 6.07) is 3.13. The number of methoxy groups -OCH3 is 1. The van der Waals surface area contributed by atoms with Gasteiger partial charge in [-0.3, -0.25) is 0 Å². The topological polar surface area (TPSA) is 67.4 Å². The van der Waals surface area contributed by atoms with Crippen LogP contribution in [0, 0.1) is 0 Å². The van der Waals surface area contributed by atoms with Crippen molar-refractivity contribution < 1.29 is 26.3 Å². The van der Waals surface area contributed by atoms with Gasteiger partial charge in [0.05, 0.1) is 16.5 Å². The minimum Gasteiger partial charge on any atom is -0.496 e. The van der Waals surface area contributed by atoms with Gasteiger partial charge in [0.25, 0.3) is 0 Å². The monoisotopic (exact) mass is 606 g/mol. The fourth-order valence-electron chi connectivity index (χ4n) is 3.87. The summed E-state index contributed by atoms with van der Waals surface area (Å²) in [5.74, 6) is -2.01. The number of nitrogens with one attached hydrogen (secondary N) is 2. The lowest BCUT2D eigenvalue weighted by Crippen LogP contribution is -2.57. The molecule has 0 aliphatic heterocycles. The first-order valence-corrected chi connectivity index (χ1v) is 13.7. The molecule has 3 aliphatic carbocycles. The molecule has 0 heterocycles. The Hall–Kier alpha value is -0.360. The van der Waals surface area contributed by atoms with E-state index >= 15 is 0 Å². The highest BCUT2D eigenvalue weighted by Gasteiger charge is 2.48. The van der Waals surface area contributed by atoms with Crippen molar-refractivity contribution in [3.8, 4) is 5.75 Å². The van der Waals surface area contributed by atoms with E-state index in [0.29, 0.717) is 40.5 Å². The molecule has 1 aromatic carbocycles. The largest absolute Gasteiger partial charge is 0.496 e. The molecular formula is C21H31Br2F3N2O3S. The van der Waals surface area contributed by atoms with Gasteiger partial charge in [-0.1, -0.05) is 6.92 Å². The molecule has 1 aromatic rings. The lowest BCUT2D eigenvalue weighted by Gasteiger charge is -2.50. The normalized spacial score (nSPS) is 25.2. The van der Waals surface area contributed by atoms with Gasteiger partial charge < -0.3 is 10.1 Å². The summed E-state index contributed by atoms with van der Waals surface area (Å²) >= 11 is 6.62. The summed E-state index contributed by atoms with van der Waals surface area (Å²) in [6.45, 7) is 3.16. The first kappa shape index (κ1) is 27.9. The van der Waals surface area contributed by atoms with Gasteiger partial charge in [0.2, 0.25) is 15.9 Å². The second kappa shape index (κ2) is 10.9. The average molecular weight is 608 g/mol. The molecule has 4 rings (SSSR count). The van der Waals surface area contributed by atoms with Crippen LogP contribution in [0.25, 0.3) is 0 Å². The lowest BCUT2D eigenvalue weighted by atomic mass is 9.64. The zero-order chi connectivity index (χ0) is 24.2. The number of hydrogen-bond acceptors (Lipinski definition) is 4. The van der Waals surface area contributed by atoms with E-state index in [0.717, 1.165) is 26.2 Å². The Morgan fingerprint density at radius 2 is 1.59 bits per heavy atom. The van der Waals surface area contributed by atoms with Crippen molar-refractivity contribution >= 4 is 41.9 Å². The first-order valence-electron chi connectivity index (χ1n) is 10.6. The van der Waals surface area contributed by atoms with E-state index in [-0.39, 0.29) is 23.4 Å². The standard InChI is InChI=1S/C17H23Br2FN2O3S.C4H8F2/c1-25-14-11-15(13(19)10-12(14)18)26(23,24)22-9-8-21-17-5-2-16(20,3-6-17)4-7-17;1-3-4(2,5)6/h10-11,21-22H,2-9H2,1H3;3H2,1-2H3. The Morgan fingerprint density at radius 1 is 1.06 bits per heavy atom. The van der Waals surface area contributed by atoms with Crippen LogP contribution < -0.4 is 14.8 Å². The average Bonchev–Trinajstić information content (AvgIpc) is 2.72. The van der Waals surface area contributed by atoms with E-state index < -0.39 is 21.6 Å². The molecule has 3 aliphatic rings. The van der Waals surface area contributed by atoms with E-state index in [1.54, 1.807) is 6.07 Å². The minimum atomic E-state index is -3.67. The van der Waals surface area contributed by atoms with Crippen LogP contribution in [0.5, 0.6) is 5.75 Å². The van der Waals surface area contributed by atoms with Crippen LogP contribution >= 0.6 is 31.9 Å².